The topological polar surface area (TPSA) is 52.0 Å². The summed E-state index contributed by atoms with van der Waals surface area (Å²) < 4.78 is 7.47. The predicted octanol–water partition coefficient (Wildman–Crippen LogP) is 2.57. The van der Waals surface area contributed by atoms with Gasteiger partial charge in [0.2, 0.25) is 0 Å². The van der Waals surface area contributed by atoms with E-state index < -0.39 is 0 Å². The SMILES string of the molecule is CCNC(c1ncccc1CC)c1c(OC)cnn1CC. The number of aromatic nitrogens is 3. The second kappa shape index (κ2) is 7.22. The fourth-order valence-electron chi connectivity index (χ4n) is 2.61. The molecule has 0 saturated heterocycles. The molecule has 0 amide bonds. The largest absolute Gasteiger partial charge is 0.493 e. The molecule has 0 aromatic carbocycles. The van der Waals surface area contributed by atoms with Crippen LogP contribution in [-0.2, 0) is 13.0 Å². The maximum atomic E-state index is 5.50. The van der Waals surface area contributed by atoms with Crippen molar-refractivity contribution in [3.05, 3.63) is 41.5 Å². The van der Waals surface area contributed by atoms with Crippen LogP contribution >= 0.6 is 0 Å². The lowest BCUT2D eigenvalue weighted by Gasteiger charge is -2.22. The Morgan fingerprint density at radius 2 is 2.14 bits per heavy atom. The Hall–Kier alpha value is -1.88. The van der Waals surface area contributed by atoms with Crippen molar-refractivity contribution in [2.24, 2.45) is 0 Å². The van der Waals surface area contributed by atoms with Crippen molar-refractivity contribution in [2.75, 3.05) is 13.7 Å². The average Bonchev–Trinajstić information content (AvgIpc) is 2.95. The van der Waals surface area contributed by atoms with Crippen molar-refractivity contribution in [2.45, 2.75) is 39.8 Å². The van der Waals surface area contributed by atoms with Crippen LogP contribution in [0.25, 0.3) is 0 Å². The van der Waals surface area contributed by atoms with Gasteiger partial charge in [0.15, 0.2) is 5.75 Å². The van der Waals surface area contributed by atoms with Crippen LogP contribution in [0.2, 0.25) is 0 Å². The zero-order valence-electron chi connectivity index (χ0n) is 13.3. The first kappa shape index (κ1) is 15.5. The number of ether oxygens (including phenoxy) is 1. The van der Waals surface area contributed by atoms with Gasteiger partial charge in [0.1, 0.15) is 5.69 Å². The predicted molar refractivity (Wildman–Crippen MR) is 83.6 cm³/mol. The van der Waals surface area contributed by atoms with Gasteiger partial charge in [0.25, 0.3) is 0 Å². The van der Waals surface area contributed by atoms with Crippen LogP contribution in [0.3, 0.4) is 0 Å². The van der Waals surface area contributed by atoms with E-state index in [0.717, 1.165) is 36.6 Å². The molecule has 2 aromatic heterocycles. The zero-order valence-corrected chi connectivity index (χ0v) is 13.3. The van der Waals surface area contributed by atoms with E-state index in [4.69, 9.17) is 4.74 Å². The molecule has 2 rings (SSSR count). The number of methoxy groups -OCH3 is 1. The molecule has 1 atom stereocenters. The summed E-state index contributed by atoms with van der Waals surface area (Å²) in [4.78, 5) is 4.62. The van der Waals surface area contributed by atoms with Gasteiger partial charge < -0.3 is 10.1 Å². The second-order valence-electron chi connectivity index (χ2n) is 4.81. The summed E-state index contributed by atoms with van der Waals surface area (Å²) in [6.45, 7) is 7.98. The smallest absolute Gasteiger partial charge is 0.161 e. The molecule has 0 fully saturated rings. The normalized spacial score (nSPS) is 12.4. The fraction of sp³-hybridized carbons (Fsp3) is 0.500. The highest BCUT2D eigenvalue weighted by atomic mass is 16.5. The van der Waals surface area contributed by atoms with Crippen molar-refractivity contribution in [1.82, 2.24) is 20.1 Å². The first-order valence-electron chi connectivity index (χ1n) is 7.53. The number of rotatable bonds is 7. The van der Waals surface area contributed by atoms with Gasteiger partial charge in [-0.15, -0.1) is 0 Å². The summed E-state index contributed by atoms with van der Waals surface area (Å²) in [5.41, 5.74) is 3.33. The van der Waals surface area contributed by atoms with Gasteiger partial charge in [-0.1, -0.05) is 19.9 Å². The van der Waals surface area contributed by atoms with Gasteiger partial charge >= 0.3 is 0 Å². The van der Waals surface area contributed by atoms with E-state index >= 15 is 0 Å². The molecular weight excluding hydrogens is 264 g/mol. The summed E-state index contributed by atoms with van der Waals surface area (Å²) in [7, 11) is 1.68. The lowest BCUT2D eigenvalue weighted by atomic mass is 10.0. The molecule has 0 saturated carbocycles. The Balaban J connectivity index is 2.55. The van der Waals surface area contributed by atoms with Gasteiger partial charge in [-0.05, 0) is 31.5 Å². The molecule has 1 unspecified atom stereocenters. The van der Waals surface area contributed by atoms with Crippen molar-refractivity contribution < 1.29 is 4.74 Å². The van der Waals surface area contributed by atoms with Crippen molar-refractivity contribution in [3.63, 3.8) is 0 Å². The lowest BCUT2D eigenvalue weighted by molar-refractivity contribution is 0.398. The van der Waals surface area contributed by atoms with Gasteiger partial charge in [0, 0.05) is 12.7 Å². The molecule has 0 spiro atoms. The van der Waals surface area contributed by atoms with Crippen LogP contribution in [0.15, 0.2) is 24.5 Å². The molecule has 5 heteroatoms. The molecule has 0 aliphatic rings. The van der Waals surface area contributed by atoms with Crippen LogP contribution in [0.4, 0.5) is 0 Å². The molecule has 2 heterocycles. The molecule has 0 radical (unpaired) electrons. The Bertz CT molecular complexity index is 558. The molecule has 1 N–H and O–H groups in total. The van der Waals surface area contributed by atoms with Crippen molar-refractivity contribution >= 4 is 0 Å². The Kier molecular flexibility index (Phi) is 5.33. The summed E-state index contributed by atoms with van der Waals surface area (Å²) >= 11 is 0. The van der Waals surface area contributed by atoms with Gasteiger partial charge in [-0.3, -0.25) is 9.67 Å². The number of hydrogen-bond donors (Lipinski definition) is 1. The highest BCUT2D eigenvalue weighted by Gasteiger charge is 2.25. The summed E-state index contributed by atoms with van der Waals surface area (Å²) in [5.74, 6) is 0.801. The summed E-state index contributed by atoms with van der Waals surface area (Å²) in [6, 6.07) is 4.11. The Labute approximate surface area is 126 Å². The second-order valence-corrected chi connectivity index (χ2v) is 4.81. The Morgan fingerprint density at radius 3 is 2.76 bits per heavy atom. The molecular formula is C16H24N4O. The van der Waals surface area contributed by atoms with E-state index in [0.29, 0.717) is 0 Å². The van der Waals surface area contributed by atoms with Crippen molar-refractivity contribution in [3.8, 4) is 5.75 Å². The number of pyridine rings is 1. The molecule has 0 aliphatic heterocycles. The number of nitrogens with zero attached hydrogens (tertiary/aromatic N) is 3. The summed E-state index contributed by atoms with van der Waals surface area (Å²) in [6.07, 6.45) is 4.57. The molecule has 114 valence electrons. The third kappa shape index (κ3) is 3.08. The lowest BCUT2D eigenvalue weighted by Crippen LogP contribution is -2.27. The van der Waals surface area contributed by atoms with Gasteiger partial charge in [-0.25, -0.2) is 0 Å². The quantitative estimate of drug-likeness (QED) is 0.851. The van der Waals surface area contributed by atoms with Crippen LogP contribution < -0.4 is 10.1 Å². The van der Waals surface area contributed by atoms with Crippen LogP contribution in [0, 0.1) is 0 Å². The van der Waals surface area contributed by atoms with E-state index in [1.54, 1.807) is 13.3 Å². The summed E-state index contributed by atoms with van der Waals surface area (Å²) in [5, 5.41) is 7.94. The monoisotopic (exact) mass is 288 g/mol. The molecule has 2 aromatic rings. The molecule has 21 heavy (non-hydrogen) atoms. The van der Waals surface area contributed by atoms with Crippen LogP contribution in [0.1, 0.15) is 43.8 Å². The highest BCUT2D eigenvalue weighted by Crippen LogP contribution is 2.30. The first-order valence-corrected chi connectivity index (χ1v) is 7.53. The maximum Gasteiger partial charge on any atom is 0.161 e. The van der Waals surface area contributed by atoms with Crippen molar-refractivity contribution in [1.29, 1.82) is 0 Å². The van der Waals surface area contributed by atoms with Crippen LogP contribution in [0.5, 0.6) is 5.75 Å². The van der Waals surface area contributed by atoms with Gasteiger partial charge in [0.05, 0.1) is 25.0 Å². The van der Waals surface area contributed by atoms with E-state index in [1.807, 2.05) is 16.9 Å². The van der Waals surface area contributed by atoms with Crippen LogP contribution in [-0.4, -0.2) is 28.4 Å². The number of hydrogen-bond acceptors (Lipinski definition) is 4. The zero-order chi connectivity index (χ0) is 15.2. The molecule has 0 aliphatic carbocycles. The third-order valence-corrected chi connectivity index (χ3v) is 3.63. The minimum atomic E-state index is -0.0106. The van der Waals surface area contributed by atoms with E-state index in [2.05, 4.69) is 42.2 Å². The Morgan fingerprint density at radius 1 is 1.33 bits per heavy atom. The molecule has 0 bridgehead atoms. The average molecular weight is 288 g/mol. The fourth-order valence-corrected chi connectivity index (χ4v) is 2.61. The van der Waals surface area contributed by atoms with E-state index in [9.17, 15) is 0 Å². The third-order valence-electron chi connectivity index (χ3n) is 3.63. The first-order chi connectivity index (χ1) is 10.3. The highest BCUT2D eigenvalue weighted by molar-refractivity contribution is 5.37. The van der Waals surface area contributed by atoms with Gasteiger partial charge in [-0.2, -0.15) is 5.10 Å². The van der Waals surface area contributed by atoms with E-state index in [1.165, 1.54) is 5.56 Å². The molecule has 5 nitrogen and oxygen atoms in total. The maximum absolute atomic E-state index is 5.50. The minimum Gasteiger partial charge on any atom is -0.493 e. The standard InChI is InChI=1S/C16H24N4O/c1-5-12-9-8-10-18-14(12)15(17-6-2)16-13(21-4)11-19-20(16)7-3/h8-11,15,17H,5-7H2,1-4H3. The number of aryl methyl sites for hydroxylation is 2. The minimum absolute atomic E-state index is 0.0106. The van der Waals surface area contributed by atoms with E-state index in [-0.39, 0.29) is 6.04 Å². The number of nitrogens with one attached hydrogen (secondary N) is 1.